The first-order valence-corrected chi connectivity index (χ1v) is 6.29. The lowest BCUT2D eigenvalue weighted by molar-refractivity contribution is 0.0690. The molecule has 0 spiro atoms. The molecule has 0 bridgehead atoms. The van der Waals surface area contributed by atoms with Crippen LogP contribution in [0.15, 0.2) is 12.1 Å². The van der Waals surface area contributed by atoms with Gasteiger partial charge < -0.3 is 20.9 Å². The van der Waals surface area contributed by atoms with Crippen LogP contribution in [0.4, 0.5) is 11.5 Å². The van der Waals surface area contributed by atoms with E-state index in [0.717, 1.165) is 0 Å². The van der Waals surface area contributed by atoms with E-state index in [1.54, 1.807) is 0 Å². The summed E-state index contributed by atoms with van der Waals surface area (Å²) in [6.45, 7) is 7.17. The number of carboxylic acids is 1. The smallest absolute Gasteiger partial charge is 0.354 e. The van der Waals surface area contributed by atoms with Gasteiger partial charge >= 0.3 is 5.97 Å². The Kier molecular flexibility index (Phi) is 5.57. The van der Waals surface area contributed by atoms with Crippen LogP contribution in [0.1, 0.15) is 31.3 Å². The summed E-state index contributed by atoms with van der Waals surface area (Å²) in [5, 5.41) is 12.1. The fraction of sp³-hybridized carbons (Fsp3) is 0.538. The first kappa shape index (κ1) is 15.2. The highest BCUT2D eigenvalue weighted by atomic mass is 16.5. The molecule has 0 aliphatic heterocycles. The fourth-order valence-electron chi connectivity index (χ4n) is 1.53. The van der Waals surface area contributed by atoms with Crippen molar-refractivity contribution < 1.29 is 14.6 Å². The number of carbonyl (C=O) groups is 1. The molecule has 1 atom stereocenters. The lowest BCUT2D eigenvalue weighted by atomic mass is 10.1. The van der Waals surface area contributed by atoms with E-state index in [-0.39, 0.29) is 11.7 Å². The normalized spacial score (nSPS) is 12.4. The number of carboxylic acid groups (broad SMARTS) is 1. The predicted octanol–water partition coefficient (Wildman–Crippen LogP) is 1.83. The van der Waals surface area contributed by atoms with E-state index >= 15 is 0 Å². The van der Waals surface area contributed by atoms with Gasteiger partial charge in [0.2, 0.25) is 0 Å². The van der Waals surface area contributed by atoms with Gasteiger partial charge in [0.1, 0.15) is 0 Å². The van der Waals surface area contributed by atoms with E-state index in [1.807, 2.05) is 20.8 Å². The van der Waals surface area contributed by atoms with Gasteiger partial charge in [-0.1, -0.05) is 13.8 Å². The number of ether oxygens (including phenoxy) is 1. The molecule has 1 aromatic heterocycles. The number of hydrogen-bond donors (Lipinski definition) is 3. The number of hydrogen-bond acceptors (Lipinski definition) is 5. The second kappa shape index (κ2) is 6.94. The van der Waals surface area contributed by atoms with Gasteiger partial charge in [-0.15, -0.1) is 0 Å². The van der Waals surface area contributed by atoms with Crippen LogP contribution >= 0.6 is 0 Å². The van der Waals surface area contributed by atoms with E-state index < -0.39 is 5.97 Å². The maximum atomic E-state index is 10.9. The van der Waals surface area contributed by atoms with Gasteiger partial charge in [-0.25, -0.2) is 9.78 Å². The van der Waals surface area contributed by atoms with E-state index in [1.165, 1.54) is 12.1 Å². The Bertz CT molecular complexity index is 435. The molecule has 6 heteroatoms. The summed E-state index contributed by atoms with van der Waals surface area (Å²) in [5.41, 5.74) is 6.20. The Morgan fingerprint density at radius 3 is 2.74 bits per heavy atom. The van der Waals surface area contributed by atoms with Crippen LogP contribution in [0.5, 0.6) is 0 Å². The monoisotopic (exact) mass is 267 g/mol. The summed E-state index contributed by atoms with van der Waals surface area (Å²) < 4.78 is 5.40. The Hall–Kier alpha value is -1.82. The molecule has 1 heterocycles. The summed E-state index contributed by atoms with van der Waals surface area (Å²) >= 11 is 0. The minimum absolute atomic E-state index is 0.0267. The predicted molar refractivity (Wildman–Crippen MR) is 74.4 cm³/mol. The number of nitrogens with zero attached hydrogens (tertiary/aromatic N) is 1. The molecule has 0 aromatic carbocycles. The lowest BCUT2D eigenvalue weighted by Crippen LogP contribution is -2.32. The van der Waals surface area contributed by atoms with E-state index in [0.29, 0.717) is 30.6 Å². The van der Waals surface area contributed by atoms with Crippen molar-refractivity contribution in [3.63, 3.8) is 0 Å². The number of nitrogen functional groups attached to an aromatic ring is 1. The third kappa shape index (κ3) is 4.40. The van der Waals surface area contributed by atoms with Gasteiger partial charge in [0.25, 0.3) is 0 Å². The second-order valence-electron chi connectivity index (χ2n) is 4.59. The van der Waals surface area contributed by atoms with Crippen LogP contribution in [-0.4, -0.2) is 35.3 Å². The average molecular weight is 267 g/mol. The molecule has 0 radical (unpaired) electrons. The second-order valence-corrected chi connectivity index (χ2v) is 4.59. The SMILES string of the molecule is CCOCC(Nc1nc(C(=O)O)ccc1N)C(C)C. The quantitative estimate of drug-likeness (QED) is 0.697. The Labute approximate surface area is 113 Å². The van der Waals surface area contributed by atoms with Gasteiger partial charge in [0.15, 0.2) is 11.5 Å². The molecule has 6 nitrogen and oxygen atoms in total. The molecule has 1 unspecified atom stereocenters. The topological polar surface area (TPSA) is 97.5 Å². The van der Waals surface area contributed by atoms with Crippen LogP contribution < -0.4 is 11.1 Å². The molecule has 0 aliphatic carbocycles. The van der Waals surface area contributed by atoms with E-state index in [9.17, 15) is 4.79 Å². The van der Waals surface area contributed by atoms with Crippen molar-refractivity contribution in [2.75, 3.05) is 24.3 Å². The standard InChI is InChI=1S/C13H21N3O3/c1-4-19-7-11(8(2)3)16-12-9(14)5-6-10(15-12)13(17)18/h5-6,8,11H,4,7,14H2,1-3H3,(H,15,16)(H,17,18). The molecule has 1 aromatic rings. The van der Waals surface area contributed by atoms with Crippen molar-refractivity contribution in [3.8, 4) is 0 Å². The third-order valence-corrected chi connectivity index (χ3v) is 2.77. The molecule has 19 heavy (non-hydrogen) atoms. The van der Waals surface area contributed by atoms with Gasteiger partial charge in [-0.3, -0.25) is 0 Å². The minimum atomic E-state index is -1.08. The Balaban J connectivity index is 2.88. The fourth-order valence-corrected chi connectivity index (χ4v) is 1.53. The summed E-state index contributed by atoms with van der Waals surface area (Å²) in [6, 6.07) is 2.95. The largest absolute Gasteiger partial charge is 0.477 e. The van der Waals surface area contributed by atoms with Gasteiger partial charge in [-0.05, 0) is 25.0 Å². The zero-order valence-corrected chi connectivity index (χ0v) is 11.5. The number of rotatable bonds is 7. The van der Waals surface area contributed by atoms with E-state index in [4.69, 9.17) is 15.6 Å². The van der Waals surface area contributed by atoms with Crippen molar-refractivity contribution in [3.05, 3.63) is 17.8 Å². The van der Waals surface area contributed by atoms with Gasteiger partial charge in [-0.2, -0.15) is 0 Å². The number of nitrogens with two attached hydrogens (primary N) is 1. The average Bonchev–Trinajstić information content (AvgIpc) is 2.35. The van der Waals surface area contributed by atoms with E-state index in [2.05, 4.69) is 10.3 Å². The molecular formula is C13H21N3O3. The van der Waals surface area contributed by atoms with Crippen LogP contribution in [0.3, 0.4) is 0 Å². The first-order valence-electron chi connectivity index (χ1n) is 6.29. The molecule has 106 valence electrons. The zero-order valence-electron chi connectivity index (χ0n) is 11.5. The number of pyridine rings is 1. The number of anilines is 2. The van der Waals surface area contributed by atoms with Crippen molar-refractivity contribution in [1.29, 1.82) is 0 Å². The third-order valence-electron chi connectivity index (χ3n) is 2.77. The maximum Gasteiger partial charge on any atom is 0.354 e. The summed E-state index contributed by atoms with van der Waals surface area (Å²) in [5.74, 6) is -0.381. The summed E-state index contributed by atoms with van der Waals surface area (Å²) in [6.07, 6.45) is 0. The van der Waals surface area contributed by atoms with Crippen LogP contribution in [0.2, 0.25) is 0 Å². The van der Waals surface area contributed by atoms with Crippen LogP contribution in [0, 0.1) is 5.92 Å². The number of nitrogens with one attached hydrogen (secondary N) is 1. The minimum Gasteiger partial charge on any atom is -0.477 e. The van der Waals surface area contributed by atoms with Crippen LogP contribution in [0.25, 0.3) is 0 Å². The molecule has 0 fully saturated rings. The van der Waals surface area contributed by atoms with Crippen LogP contribution in [-0.2, 0) is 4.74 Å². The zero-order chi connectivity index (χ0) is 14.4. The summed E-state index contributed by atoms with van der Waals surface area (Å²) in [4.78, 5) is 14.9. The van der Waals surface area contributed by atoms with Crippen molar-refractivity contribution in [2.24, 2.45) is 5.92 Å². The molecule has 0 saturated carbocycles. The molecule has 4 N–H and O–H groups in total. The number of aromatic nitrogens is 1. The Morgan fingerprint density at radius 1 is 1.53 bits per heavy atom. The van der Waals surface area contributed by atoms with Crippen molar-refractivity contribution in [1.82, 2.24) is 4.98 Å². The Morgan fingerprint density at radius 2 is 2.21 bits per heavy atom. The maximum absolute atomic E-state index is 10.9. The lowest BCUT2D eigenvalue weighted by Gasteiger charge is -2.23. The number of aromatic carboxylic acids is 1. The van der Waals surface area contributed by atoms with Gasteiger partial charge in [0.05, 0.1) is 18.3 Å². The molecule has 0 aliphatic rings. The van der Waals surface area contributed by atoms with Gasteiger partial charge in [0, 0.05) is 6.61 Å². The highest BCUT2D eigenvalue weighted by Crippen LogP contribution is 2.19. The molecule has 0 saturated heterocycles. The highest BCUT2D eigenvalue weighted by Gasteiger charge is 2.16. The first-order chi connectivity index (χ1) is 8.95. The highest BCUT2D eigenvalue weighted by molar-refractivity contribution is 5.86. The van der Waals surface area contributed by atoms with Crippen molar-refractivity contribution in [2.45, 2.75) is 26.8 Å². The summed E-state index contributed by atoms with van der Waals surface area (Å²) in [7, 11) is 0. The molecule has 0 amide bonds. The molecular weight excluding hydrogens is 246 g/mol. The molecule has 1 rings (SSSR count). The van der Waals surface area contributed by atoms with Crippen molar-refractivity contribution >= 4 is 17.5 Å².